The molecule has 0 aliphatic heterocycles. The normalized spacial score (nSPS) is 12.7. The number of benzene rings is 6. The highest BCUT2D eigenvalue weighted by Gasteiger charge is 2.41. The second kappa shape index (κ2) is 25.9. The Bertz CT molecular complexity index is 2940. The van der Waals surface area contributed by atoms with Crippen LogP contribution in [0.4, 0.5) is 52.7 Å². The van der Waals surface area contributed by atoms with Crippen molar-refractivity contribution in [3.8, 4) is 23.0 Å². The van der Waals surface area contributed by atoms with Crippen molar-refractivity contribution in [2.45, 2.75) is 49.1 Å². The van der Waals surface area contributed by atoms with Crippen molar-refractivity contribution in [1.29, 1.82) is 0 Å². The Morgan fingerprint density at radius 3 is 0.961 bits per heavy atom. The quantitative estimate of drug-likeness (QED) is 0.0633. The summed E-state index contributed by atoms with van der Waals surface area (Å²) in [7, 11) is 2.55. The summed E-state index contributed by atoms with van der Waals surface area (Å²) in [6, 6.07) is 37.9. The summed E-state index contributed by atoms with van der Waals surface area (Å²) in [5, 5.41) is 0. The molecule has 0 atom stereocenters. The van der Waals surface area contributed by atoms with E-state index in [2.05, 4.69) is 23.7 Å². The molecule has 77 heavy (non-hydrogen) atoms. The molecule has 0 spiro atoms. The van der Waals surface area contributed by atoms with Gasteiger partial charge in [-0.25, -0.2) is 4.72 Å². The van der Waals surface area contributed by atoms with Gasteiger partial charge in [-0.15, -0.1) is 52.7 Å². The van der Waals surface area contributed by atoms with Gasteiger partial charge in [0.25, 0.3) is 19.4 Å². The predicted octanol–water partition coefficient (Wildman–Crippen LogP) is 11.4. The van der Waals surface area contributed by atoms with Gasteiger partial charge in [0.15, 0.2) is 0 Å². The highest BCUT2D eigenvalue weighted by Crippen LogP contribution is 2.42. The molecule has 420 valence electrons. The maximum Gasteiger partial charge on any atom is 0.573 e. The summed E-state index contributed by atoms with van der Waals surface area (Å²) in [5.74, 6) is -2.07. The van der Waals surface area contributed by atoms with E-state index in [1.165, 1.54) is 76.7 Å². The first kappa shape index (κ1) is 63.2. The Balaban J connectivity index is 0.000000299. The number of hydrogen-bond acceptors (Lipinski definition) is 9. The summed E-state index contributed by atoms with van der Waals surface area (Å²) in [6.45, 7) is -0.528. The van der Waals surface area contributed by atoms with Crippen LogP contribution in [0.25, 0.3) is 0 Å². The monoisotopic (exact) mass is 1160 g/mol. The Kier molecular flexibility index (Phi) is 21.3. The van der Waals surface area contributed by atoms with E-state index in [4.69, 9.17) is 16.4 Å². The van der Waals surface area contributed by atoms with E-state index >= 15 is 0 Å². The van der Waals surface area contributed by atoms with Crippen molar-refractivity contribution in [2.24, 2.45) is 5.73 Å². The molecule has 0 fully saturated rings. The highest BCUT2D eigenvalue weighted by molar-refractivity contribution is 8.11. The number of alkyl halides is 12. The van der Waals surface area contributed by atoms with Crippen molar-refractivity contribution in [2.75, 3.05) is 41.3 Å². The van der Waals surface area contributed by atoms with Gasteiger partial charge in [0.1, 0.15) is 23.0 Å². The fourth-order valence-electron chi connectivity index (χ4n) is 7.51. The number of nitrogens with one attached hydrogen (secondary N) is 1. The van der Waals surface area contributed by atoms with Crippen LogP contribution in [0.15, 0.2) is 158 Å². The highest BCUT2D eigenvalue weighted by atomic mass is 35.7. The minimum absolute atomic E-state index is 0.00523. The van der Waals surface area contributed by atoms with Crippen LogP contribution in [0.2, 0.25) is 0 Å². The molecule has 0 radical (unpaired) electrons. The summed E-state index contributed by atoms with van der Waals surface area (Å²) in [4.78, 5) is 0. The molecule has 0 aliphatic rings. The standard InChI is InChI=1S/C25H24F6N2O4S.C23H19F6NO2.C2H6ClNO2S/c1-33(2)38(34,35)32-17-23(16-18-8-4-3-5-9-18,19-10-6-12-21(14-19)36-24(26,27)28)20-11-7-13-22(15-20)37-25(29,30)31;24-22(25,26)31-19-10-4-8-17(12-19)21(15-30,14-16-6-2-1-3-7-16)18-9-5-11-20(13-18)32-23(27,28)29;1-4(2)7(3,5)6/h3-15,32H,16-17H2,1-2H3;1-13H,14-15,30H2;1-2H3. The van der Waals surface area contributed by atoms with Crippen LogP contribution in [-0.4, -0.2) is 92.2 Å². The molecule has 0 aliphatic carbocycles. The predicted molar refractivity (Wildman–Crippen MR) is 262 cm³/mol. The molecule has 0 heterocycles. The Morgan fingerprint density at radius 1 is 0.442 bits per heavy atom. The molecular weight excluding hydrogens is 1110 g/mol. The molecule has 0 aromatic heterocycles. The molecule has 0 amide bonds. The van der Waals surface area contributed by atoms with Crippen LogP contribution >= 0.6 is 10.7 Å². The van der Waals surface area contributed by atoms with E-state index in [0.29, 0.717) is 16.7 Å². The van der Waals surface area contributed by atoms with Gasteiger partial charge in [-0.1, -0.05) is 109 Å². The van der Waals surface area contributed by atoms with Crippen molar-refractivity contribution in [1.82, 2.24) is 13.3 Å². The molecule has 6 aromatic carbocycles. The van der Waals surface area contributed by atoms with E-state index in [-0.39, 0.29) is 30.5 Å². The Morgan fingerprint density at radius 2 is 0.714 bits per heavy atom. The number of nitrogens with zero attached hydrogens (tertiary/aromatic N) is 2. The van der Waals surface area contributed by atoms with E-state index in [0.717, 1.165) is 50.6 Å². The maximum atomic E-state index is 13.0. The molecule has 3 N–H and O–H groups in total. The lowest BCUT2D eigenvalue weighted by Crippen LogP contribution is -2.46. The van der Waals surface area contributed by atoms with Crippen molar-refractivity contribution >= 4 is 30.1 Å². The molecule has 27 heteroatoms. The number of hydrogen-bond donors (Lipinski definition) is 2. The summed E-state index contributed by atoms with van der Waals surface area (Å²) >= 11 is 0. The molecule has 0 unspecified atom stereocenters. The maximum absolute atomic E-state index is 13.0. The number of nitrogens with two attached hydrogens (primary N) is 1. The van der Waals surface area contributed by atoms with Gasteiger partial charge in [0.2, 0.25) is 0 Å². The zero-order valence-electron chi connectivity index (χ0n) is 40.8. The van der Waals surface area contributed by atoms with Crippen LogP contribution in [0, 0.1) is 0 Å². The summed E-state index contributed by atoms with van der Waals surface area (Å²) in [6.07, 6.45) is -19.6. The van der Waals surface area contributed by atoms with E-state index < -0.39 is 85.3 Å². The Labute approximate surface area is 440 Å². The number of ether oxygens (including phenoxy) is 4. The van der Waals surface area contributed by atoms with E-state index in [9.17, 15) is 69.5 Å². The minimum Gasteiger partial charge on any atom is -0.406 e. The van der Waals surface area contributed by atoms with Crippen LogP contribution < -0.4 is 29.4 Å². The van der Waals surface area contributed by atoms with Crippen LogP contribution in [0.3, 0.4) is 0 Å². The van der Waals surface area contributed by atoms with Crippen molar-refractivity contribution in [3.63, 3.8) is 0 Å². The largest absolute Gasteiger partial charge is 0.573 e. The van der Waals surface area contributed by atoms with Crippen molar-refractivity contribution < 1.29 is 88.5 Å². The first-order chi connectivity index (χ1) is 35.5. The topological polar surface area (TPSA) is 150 Å². The van der Waals surface area contributed by atoms with Crippen LogP contribution in [0.5, 0.6) is 23.0 Å². The zero-order valence-corrected chi connectivity index (χ0v) is 43.2. The smallest absolute Gasteiger partial charge is 0.406 e. The summed E-state index contributed by atoms with van der Waals surface area (Å²) < 4.78 is 220. The van der Waals surface area contributed by atoms with Crippen LogP contribution in [0.1, 0.15) is 33.4 Å². The van der Waals surface area contributed by atoms with Gasteiger partial charge in [-0.2, -0.15) is 25.4 Å². The van der Waals surface area contributed by atoms with Crippen LogP contribution in [-0.2, 0) is 43.1 Å². The fraction of sp³-hybridized carbons (Fsp3) is 0.280. The molecule has 6 aromatic rings. The fourth-order valence-corrected chi connectivity index (χ4v) is 8.20. The number of halogens is 13. The second-order valence-electron chi connectivity index (χ2n) is 16.8. The van der Waals surface area contributed by atoms with Gasteiger partial charge in [-0.05, 0) is 94.8 Å². The molecule has 0 saturated carbocycles. The lowest BCUT2D eigenvalue weighted by molar-refractivity contribution is -0.275. The van der Waals surface area contributed by atoms with E-state index in [1.807, 2.05) is 0 Å². The molecule has 0 saturated heterocycles. The average molecular weight is 1160 g/mol. The van der Waals surface area contributed by atoms with Gasteiger partial charge in [0.05, 0.1) is 0 Å². The third-order valence-corrected chi connectivity index (χ3v) is 14.2. The molecular formula is C50H49ClF12N4O8S2. The third-order valence-electron chi connectivity index (χ3n) is 11.0. The SMILES string of the molecule is CN(C)S(=O)(=O)Cl.CN(C)S(=O)(=O)NCC(Cc1ccccc1)(c1cccc(OC(F)(F)F)c1)c1cccc(OC(F)(F)F)c1.NCC(Cc1ccccc1)(c1cccc(OC(F)(F)F)c1)c1cccc(OC(F)(F)F)c1. The lowest BCUT2D eigenvalue weighted by atomic mass is 9.70. The van der Waals surface area contributed by atoms with Crippen molar-refractivity contribution in [3.05, 3.63) is 191 Å². The molecule has 0 bridgehead atoms. The molecule has 12 nitrogen and oxygen atoms in total. The summed E-state index contributed by atoms with van der Waals surface area (Å²) in [5.41, 5.74) is 5.96. The minimum atomic E-state index is -5.01. The van der Waals surface area contributed by atoms with Gasteiger partial charge in [-0.3, -0.25) is 0 Å². The van der Waals surface area contributed by atoms with Gasteiger partial charge in [0, 0.05) is 62.8 Å². The second-order valence-corrected chi connectivity index (χ2v) is 21.5. The number of rotatable bonds is 18. The van der Waals surface area contributed by atoms with E-state index in [1.54, 1.807) is 72.8 Å². The first-order valence-corrected chi connectivity index (χ1v) is 25.8. The molecule has 6 rings (SSSR count). The van der Waals surface area contributed by atoms with Gasteiger partial charge >= 0.3 is 25.4 Å². The lowest BCUT2D eigenvalue weighted by Gasteiger charge is -2.36. The average Bonchev–Trinajstić information content (AvgIpc) is 3.31. The third kappa shape index (κ3) is 20.2. The first-order valence-electron chi connectivity index (χ1n) is 22.1. The van der Waals surface area contributed by atoms with Gasteiger partial charge < -0.3 is 24.7 Å². The Hall–Kier alpha value is -6.29. The zero-order chi connectivity index (χ0) is 57.7.